The standard InChI is InChI=1S/C20H19FN4O/c1-13-7-8-14(2)18(11-13)24-19(26)17-9-10-22-20(25-17)23-12-15-5-3-4-6-16(15)21/h3-11H,12H2,1-2H3,(H,24,26)(H,22,23,25). The van der Waals surface area contributed by atoms with Gasteiger partial charge in [0.15, 0.2) is 0 Å². The van der Waals surface area contributed by atoms with E-state index >= 15 is 0 Å². The van der Waals surface area contributed by atoms with Gasteiger partial charge in [-0.25, -0.2) is 14.4 Å². The largest absolute Gasteiger partial charge is 0.350 e. The number of hydrogen-bond donors (Lipinski definition) is 2. The fourth-order valence-corrected chi connectivity index (χ4v) is 2.44. The maximum Gasteiger partial charge on any atom is 0.274 e. The molecule has 0 aliphatic carbocycles. The second-order valence-electron chi connectivity index (χ2n) is 5.98. The van der Waals surface area contributed by atoms with Crippen LogP contribution >= 0.6 is 0 Å². The third-order valence-corrected chi connectivity index (χ3v) is 3.92. The predicted molar refractivity (Wildman–Crippen MR) is 99.6 cm³/mol. The van der Waals surface area contributed by atoms with Gasteiger partial charge in [0.1, 0.15) is 11.5 Å². The van der Waals surface area contributed by atoms with Crippen LogP contribution in [0.4, 0.5) is 16.0 Å². The van der Waals surface area contributed by atoms with Crippen molar-refractivity contribution in [3.05, 3.63) is 82.9 Å². The van der Waals surface area contributed by atoms with Crippen LogP contribution in [0.5, 0.6) is 0 Å². The van der Waals surface area contributed by atoms with E-state index in [9.17, 15) is 9.18 Å². The van der Waals surface area contributed by atoms with Crippen molar-refractivity contribution in [3.63, 3.8) is 0 Å². The molecule has 0 unspecified atom stereocenters. The summed E-state index contributed by atoms with van der Waals surface area (Å²) in [4.78, 5) is 20.8. The molecule has 0 fully saturated rings. The number of anilines is 2. The molecule has 0 saturated heterocycles. The van der Waals surface area contributed by atoms with Crippen LogP contribution in [-0.2, 0) is 6.54 Å². The van der Waals surface area contributed by atoms with E-state index in [-0.39, 0.29) is 29.9 Å². The fourth-order valence-electron chi connectivity index (χ4n) is 2.44. The minimum absolute atomic E-state index is 0.231. The van der Waals surface area contributed by atoms with Gasteiger partial charge in [0.2, 0.25) is 5.95 Å². The normalized spacial score (nSPS) is 10.4. The highest BCUT2D eigenvalue weighted by Crippen LogP contribution is 2.17. The summed E-state index contributed by atoms with van der Waals surface area (Å²) < 4.78 is 13.7. The molecule has 2 aromatic carbocycles. The van der Waals surface area contributed by atoms with E-state index in [2.05, 4.69) is 20.6 Å². The Morgan fingerprint density at radius 2 is 1.92 bits per heavy atom. The van der Waals surface area contributed by atoms with Crippen LogP contribution in [0.15, 0.2) is 54.7 Å². The first kappa shape index (κ1) is 17.5. The lowest BCUT2D eigenvalue weighted by Crippen LogP contribution is -2.16. The summed E-state index contributed by atoms with van der Waals surface area (Å²) in [5, 5.41) is 5.80. The Kier molecular flexibility index (Phi) is 5.22. The number of halogens is 1. The highest BCUT2D eigenvalue weighted by atomic mass is 19.1. The molecule has 5 nitrogen and oxygen atoms in total. The lowest BCUT2D eigenvalue weighted by molar-refractivity contribution is 0.102. The van der Waals surface area contributed by atoms with Crippen molar-refractivity contribution in [2.24, 2.45) is 0 Å². The van der Waals surface area contributed by atoms with Crippen molar-refractivity contribution in [1.82, 2.24) is 9.97 Å². The molecule has 3 aromatic rings. The second-order valence-corrected chi connectivity index (χ2v) is 5.98. The van der Waals surface area contributed by atoms with Crippen molar-refractivity contribution in [2.45, 2.75) is 20.4 Å². The Morgan fingerprint density at radius 3 is 2.73 bits per heavy atom. The molecular formula is C20H19FN4O. The number of hydrogen-bond acceptors (Lipinski definition) is 4. The maximum absolute atomic E-state index is 13.7. The van der Waals surface area contributed by atoms with E-state index in [1.54, 1.807) is 18.2 Å². The number of aromatic nitrogens is 2. The van der Waals surface area contributed by atoms with E-state index in [1.807, 2.05) is 32.0 Å². The first-order valence-corrected chi connectivity index (χ1v) is 8.22. The summed E-state index contributed by atoms with van der Waals surface area (Å²) in [5.74, 6) is -0.360. The third kappa shape index (κ3) is 4.22. The third-order valence-electron chi connectivity index (χ3n) is 3.92. The van der Waals surface area contributed by atoms with Crippen molar-refractivity contribution >= 4 is 17.5 Å². The van der Waals surface area contributed by atoms with Crippen molar-refractivity contribution in [3.8, 4) is 0 Å². The molecule has 6 heteroatoms. The van der Waals surface area contributed by atoms with Gasteiger partial charge in [-0.2, -0.15) is 0 Å². The number of nitrogens with one attached hydrogen (secondary N) is 2. The fraction of sp³-hybridized carbons (Fsp3) is 0.150. The topological polar surface area (TPSA) is 66.9 Å². The number of benzene rings is 2. The van der Waals surface area contributed by atoms with Gasteiger partial charge in [-0.1, -0.05) is 30.3 Å². The number of carbonyl (C=O) groups excluding carboxylic acids is 1. The molecule has 26 heavy (non-hydrogen) atoms. The molecule has 0 spiro atoms. The van der Waals surface area contributed by atoms with Gasteiger partial charge < -0.3 is 10.6 Å². The molecule has 0 aliphatic rings. The van der Waals surface area contributed by atoms with Crippen LogP contribution in [0, 0.1) is 19.7 Å². The van der Waals surface area contributed by atoms with E-state index in [0.29, 0.717) is 5.56 Å². The lowest BCUT2D eigenvalue weighted by Gasteiger charge is -2.10. The minimum atomic E-state index is -0.324. The first-order valence-electron chi connectivity index (χ1n) is 8.22. The van der Waals surface area contributed by atoms with E-state index in [0.717, 1.165) is 16.8 Å². The number of carbonyl (C=O) groups is 1. The summed E-state index contributed by atoms with van der Waals surface area (Å²) in [6, 6.07) is 13.8. The average molecular weight is 350 g/mol. The SMILES string of the molecule is Cc1ccc(C)c(NC(=O)c2ccnc(NCc3ccccc3F)n2)c1. The Morgan fingerprint density at radius 1 is 1.12 bits per heavy atom. The quantitative estimate of drug-likeness (QED) is 0.727. The number of aryl methyl sites for hydroxylation is 2. The van der Waals surface area contributed by atoms with Gasteiger partial charge in [0, 0.05) is 24.0 Å². The van der Waals surface area contributed by atoms with Crippen LogP contribution in [-0.4, -0.2) is 15.9 Å². The summed E-state index contributed by atoms with van der Waals surface area (Å²) >= 11 is 0. The molecule has 1 aromatic heterocycles. The summed E-state index contributed by atoms with van der Waals surface area (Å²) in [7, 11) is 0. The van der Waals surface area contributed by atoms with Gasteiger partial charge >= 0.3 is 0 Å². The van der Waals surface area contributed by atoms with Crippen LogP contribution in [0.3, 0.4) is 0 Å². The number of rotatable bonds is 5. The van der Waals surface area contributed by atoms with E-state index in [1.165, 1.54) is 18.3 Å². The average Bonchev–Trinajstić information content (AvgIpc) is 2.64. The Balaban J connectivity index is 1.71. The minimum Gasteiger partial charge on any atom is -0.350 e. The van der Waals surface area contributed by atoms with Gasteiger partial charge in [0.05, 0.1) is 0 Å². The zero-order valence-corrected chi connectivity index (χ0v) is 14.6. The molecule has 3 rings (SSSR count). The highest BCUT2D eigenvalue weighted by Gasteiger charge is 2.11. The smallest absolute Gasteiger partial charge is 0.274 e. The molecule has 1 heterocycles. The maximum atomic E-state index is 13.7. The van der Waals surface area contributed by atoms with Crippen LogP contribution in [0.1, 0.15) is 27.2 Å². The monoisotopic (exact) mass is 350 g/mol. The molecule has 1 amide bonds. The Hall–Kier alpha value is -3.28. The number of nitrogens with zero attached hydrogens (tertiary/aromatic N) is 2. The van der Waals surface area contributed by atoms with Crippen molar-refractivity contribution in [2.75, 3.05) is 10.6 Å². The Labute approximate surface area is 151 Å². The first-order chi connectivity index (χ1) is 12.5. The molecule has 0 bridgehead atoms. The zero-order chi connectivity index (χ0) is 18.5. The summed E-state index contributed by atoms with van der Waals surface area (Å²) in [5.41, 5.74) is 3.50. The van der Waals surface area contributed by atoms with Crippen molar-refractivity contribution < 1.29 is 9.18 Å². The van der Waals surface area contributed by atoms with Gasteiger partial charge in [-0.3, -0.25) is 4.79 Å². The van der Waals surface area contributed by atoms with Crippen LogP contribution in [0.25, 0.3) is 0 Å². The predicted octanol–water partition coefficient (Wildman–Crippen LogP) is 4.10. The van der Waals surface area contributed by atoms with E-state index in [4.69, 9.17) is 0 Å². The van der Waals surface area contributed by atoms with E-state index < -0.39 is 0 Å². The summed E-state index contributed by atoms with van der Waals surface area (Å²) in [6.07, 6.45) is 1.49. The molecular weight excluding hydrogens is 331 g/mol. The highest BCUT2D eigenvalue weighted by molar-refractivity contribution is 6.03. The van der Waals surface area contributed by atoms with Gasteiger partial charge in [-0.15, -0.1) is 0 Å². The van der Waals surface area contributed by atoms with Crippen LogP contribution in [0.2, 0.25) is 0 Å². The molecule has 2 N–H and O–H groups in total. The number of amides is 1. The molecule has 0 radical (unpaired) electrons. The zero-order valence-electron chi connectivity index (χ0n) is 14.6. The second kappa shape index (κ2) is 7.74. The van der Waals surface area contributed by atoms with Gasteiger partial charge in [-0.05, 0) is 43.2 Å². The van der Waals surface area contributed by atoms with Gasteiger partial charge in [0.25, 0.3) is 5.91 Å². The lowest BCUT2D eigenvalue weighted by atomic mass is 10.1. The van der Waals surface area contributed by atoms with Crippen LogP contribution < -0.4 is 10.6 Å². The molecule has 0 atom stereocenters. The molecule has 0 aliphatic heterocycles. The molecule has 132 valence electrons. The molecule has 0 saturated carbocycles. The van der Waals surface area contributed by atoms with Crippen molar-refractivity contribution in [1.29, 1.82) is 0 Å². The Bertz CT molecular complexity index is 943. The summed E-state index contributed by atoms with van der Waals surface area (Å²) in [6.45, 7) is 4.12.